The van der Waals surface area contributed by atoms with E-state index in [4.69, 9.17) is 14.2 Å². The van der Waals surface area contributed by atoms with Crippen LogP contribution < -0.4 is 9.47 Å². The Morgan fingerprint density at radius 2 is 1.86 bits per heavy atom. The van der Waals surface area contributed by atoms with E-state index in [9.17, 15) is 4.39 Å². The van der Waals surface area contributed by atoms with Crippen LogP contribution in [0.3, 0.4) is 0 Å². The van der Waals surface area contributed by atoms with E-state index in [1.165, 1.54) is 0 Å². The number of ether oxygens (including phenoxy) is 3. The van der Waals surface area contributed by atoms with E-state index >= 15 is 0 Å². The summed E-state index contributed by atoms with van der Waals surface area (Å²) in [7, 11) is 3.29. The predicted molar refractivity (Wildman–Crippen MR) is 83.0 cm³/mol. The van der Waals surface area contributed by atoms with Gasteiger partial charge in [0, 0.05) is 20.1 Å². The minimum Gasteiger partial charge on any atom is -0.493 e. The molecule has 3 nitrogen and oxygen atoms in total. The first-order valence-corrected chi connectivity index (χ1v) is 7.47. The molecule has 0 aliphatic carbocycles. The molecule has 1 aromatic carbocycles. The predicted octanol–water partition coefficient (Wildman–Crippen LogP) is 3.89. The average molecular weight is 298 g/mol. The summed E-state index contributed by atoms with van der Waals surface area (Å²) >= 11 is 0. The fraction of sp³-hybridized carbons (Fsp3) is 0.647. The van der Waals surface area contributed by atoms with Gasteiger partial charge in [0.1, 0.15) is 0 Å². The van der Waals surface area contributed by atoms with Crippen molar-refractivity contribution in [2.75, 3.05) is 34.1 Å². The number of rotatable bonds is 10. The lowest BCUT2D eigenvalue weighted by molar-refractivity contribution is 0.170. The van der Waals surface area contributed by atoms with Crippen molar-refractivity contribution in [1.29, 1.82) is 0 Å². The number of benzene rings is 1. The van der Waals surface area contributed by atoms with Gasteiger partial charge < -0.3 is 14.2 Å². The molecule has 0 bridgehead atoms. The molecule has 0 fully saturated rings. The first-order valence-electron chi connectivity index (χ1n) is 7.47. The summed E-state index contributed by atoms with van der Waals surface area (Å²) in [5.41, 5.74) is 1.08. The molecule has 1 rings (SSSR count). The van der Waals surface area contributed by atoms with Gasteiger partial charge >= 0.3 is 0 Å². The van der Waals surface area contributed by atoms with Crippen molar-refractivity contribution in [3.63, 3.8) is 0 Å². The Labute approximate surface area is 127 Å². The number of methoxy groups -OCH3 is 2. The Bertz CT molecular complexity index is 407. The molecule has 4 heteroatoms. The number of hydrogen-bond acceptors (Lipinski definition) is 3. The summed E-state index contributed by atoms with van der Waals surface area (Å²) in [4.78, 5) is 0. The highest BCUT2D eigenvalue weighted by atomic mass is 19.1. The second-order valence-corrected chi connectivity index (χ2v) is 5.54. The summed E-state index contributed by atoms with van der Waals surface area (Å²) in [6.45, 7) is 5.04. The van der Waals surface area contributed by atoms with Gasteiger partial charge in [0.25, 0.3) is 0 Å². The standard InChI is InChI=1S/C17H27FO3/c1-13(2)15(12-18)10-14-6-7-16(20-4)17(11-14)21-9-5-8-19-3/h6-7,11,13,15H,5,8-10,12H2,1-4H3/t15-/m0/s1. The highest BCUT2D eigenvalue weighted by Gasteiger charge is 2.15. The molecule has 0 N–H and O–H groups in total. The molecular weight excluding hydrogens is 271 g/mol. The van der Waals surface area contributed by atoms with Crippen LogP contribution in [0.25, 0.3) is 0 Å². The van der Waals surface area contributed by atoms with E-state index in [0.29, 0.717) is 37.1 Å². The van der Waals surface area contributed by atoms with E-state index in [2.05, 4.69) is 13.8 Å². The Morgan fingerprint density at radius 3 is 2.43 bits per heavy atom. The van der Waals surface area contributed by atoms with Crippen LogP contribution in [0, 0.1) is 11.8 Å². The van der Waals surface area contributed by atoms with Crippen molar-refractivity contribution in [2.45, 2.75) is 26.7 Å². The van der Waals surface area contributed by atoms with Crippen LogP contribution in [0.15, 0.2) is 18.2 Å². The van der Waals surface area contributed by atoms with Gasteiger partial charge in [-0.1, -0.05) is 19.9 Å². The zero-order chi connectivity index (χ0) is 15.7. The van der Waals surface area contributed by atoms with Crippen LogP contribution in [0.2, 0.25) is 0 Å². The maximum Gasteiger partial charge on any atom is 0.161 e. The van der Waals surface area contributed by atoms with Gasteiger partial charge in [0.15, 0.2) is 11.5 Å². The SMILES string of the molecule is COCCCOc1cc(C[C@@H](CF)C(C)C)ccc1OC. The van der Waals surface area contributed by atoms with Gasteiger partial charge in [-0.25, -0.2) is 0 Å². The Morgan fingerprint density at radius 1 is 1.10 bits per heavy atom. The van der Waals surface area contributed by atoms with Crippen LogP contribution >= 0.6 is 0 Å². The molecule has 0 amide bonds. The number of halogens is 1. The van der Waals surface area contributed by atoms with Crippen LogP contribution in [0.1, 0.15) is 25.8 Å². The monoisotopic (exact) mass is 298 g/mol. The fourth-order valence-corrected chi connectivity index (χ4v) is 2.12. The number of alkyl halides is 1. The minimum atomic E-state index is -0.298. The van der Waals surface area contributed by atoms with E-state index < -0.39 is 0 Å². The van der Waals surface area contributed by atoms with Crippen LogP contribution in [-0.2, 0) is 11.2 Å². The van der Waals surface area contributed by atoms with Crippen molar-refractivity contribution in [1.82, 2.24) is 0 Å². The second-order valence-electron chi connectivity index (χ2n) is 5.54. The average Bonchev–Trinajstić information content (AvgIpc) is 2.49. The molecule has 0 aliphatic rings. The van der Waals surface area contributed by atoms with Crippen molar-refractivity contribution < 1.29 is 18.6 Å². The molecule has 0 unspecified atom stereocenters. The lowest BCUT2D eigenvalue weighted by atomic mass is 9.90. The van der Waals surface area contributed by atoms with Crippen molar-refractivity contribution in [3.8, 4) is 11.5 Å². The zero-order valence-corrected chi connectivity index (χ0v) is 13.5. The van der Waals surface area contributed by atoms with E-state index in [1.54, 1.807) is 14.2 Å². The molecule has 1 aromatic rings. The summed E-state index contributed by atoms with van der Waals surface area (Å²) in [5.74, 6) is 1.79. The third-order valence-corrected chi connectivity index (χ3v) is 3.62. The van der Waals surface area contributed by atoms with E-state index in [1.807, 2.05) is 18.2 Å². The first-order chi connectivity index (χ1) is 10.1. The lowest BCUT2D eigenvalue weighted by Gasteiger charge is -2.18. The minimum absolute atomic E-state index is 0.0414. The second kappa shape index (κ2) is 9.61. The highest BCUT2D eigenvalue weighted by molar-refractivity contribution is 5.43. The summed E-state index contributed by atoms with van der Waals surface area (Å²) in [6, 6.07) is 5.82. The van der Waals surface area contributed by atoms with E-state index in [0.717, 1.165) is 12.0 Å². The van der Waals surface area contributed by atoms with Gasteiger partial charge in [-0.3, -0.25) is 4.39 Å². The molecule has 0 saturated carbocycles. The van der Waals surface area contributed by atoms with Gasteiger partial charge in [0.05, 0.1) is 20.4 Å². The van der Waals surface area contributed by atoms with Crippen LogP contribution in [-0.4, -0.2) is 34.1 Å². The van der Waals surface area contributed by atoms with Gasteiger partial charge in [-0.05, 0) is 36.0 Å². The van der Waals surface area contributed by atoms with Crippen molar-refractivity contribution >= 4 is 0 Å². The molecule has 0 aromatic heterocycles. The maximum absolute atomic E-state index is 13.1. The first kappa shape index (κ1) is 17.8. The summed E-state index contributed by atoms with van der Waals surface area (Å²) in [6.07, 6.45) is 1.54. The molecule has 120 valence electrons. The molecule has 0 aliphatic heterocycles. The topological polar surface area (TPSA) is 27.7 Å². The molecule has 1 atom stereocenters. The zero-order valence-electron chi connectivity index (χ0n) is 13.5. The quantitative estimate of drug-likeness (QED) is 0.613. The highest BCUT2D eigenvalue weighted by Crippen LogP contribution is 2.30. The van der Waals surface area contributed by atoms with Gasteiger partial charge in [0.2, 0.25) is 0 Å². The molecule has 0 spiro atoms. The fourth-order valence-electron chi connectivity index (χ4n) is 2.12. The smallest absolute Gasteiger partial charge is 0.161 e. The molecule has 0 saturated heterocycles. The van der Waals surface area contributed by atoms with Gasteiger partial charge in [-0.15, -0.1) is 0 Å². The third-order valence-electron chi connectivity index (χ3n) is 3.62. The van der Waals surface area contributed by atoms with Crippen LogP contribution in [0.5, 0.6) is 11.5 Å². The maximum atomic E-state index is 13.1. The lowest BCUT2D eigenvalue weighted by Crippen LogP contribution is -2.14. The Kier molecular flexibility index (Phi) is 8.13. The van der Waals surface area contributed by atoms with Crippen molar-refractivity contribution in [3.05, 3.63) is 23.8 Å². The Balaban J connectivity index is 2.74. The molecule has 0 radical (unpaired) electrons. The van der Waals surface area contributed by atoms with Crippen LogP contribution in [0.4, 0.5) is 4.39 Å². The Hall–Kier alpha value is -1.29. The normalized spacial score (nSPS) is 12.5. The summed E-state index contributed by atoms with van der Waals surface area (Å²) in [5, 5.41) is 0. The number of hydrogen-bond donors (Lipinski definition) is 0. The molecule has 21 heavy (non-hydrogen) atoms. The molecule has 0 heterocycles. The molecular formula is C17H27FO3. The van der Waals surface area contributed by atoms with E-state index in [-0.39, 0.29) is 12.6 Å². The van der Waals surface area contributed by atoms with Crippen molar-refractivity contribution in [2.24, 2.45) is 11.8 Å². The third kappa shape index (κ3) is 5.92. The van der Waals surface area contributed by atoms with Gasteiger partial charge in [-0.2, -0.15) is 0 Å². The summed E-state index contributed by atoms with van der Waals surface area (Å²) < 4.78 is 29.1. The largest absolute Gasteiger partial charge is 0.493 e.